The Hall–Kier alpha value is -1.10. The van der Waals surface area contributed by atoms with Crippen LogP contribution in [0.15, 0.2) is 53.0 Å². The first-order chi connectivity index (χ1) is 10.3. The molecule has 0 aromatic heterocycles. The van der Waals surface area contributed by atoms with Crippen molar-refractivity contribution in [3.8, 4) is 11.1 Å². The predicted octanol–water partition coefficient (Wildman–Crippen LogP) is 4.42. The van der Waals surface area contributed by atoms with Gasteiger partial charge in [-0.25, -0.2) is 0 Å². The summed E-state index contributed by atoms with van der Waals surface area (Å²) < 4.78 is 13.5. The molecule has 114 valence electrons. The largest absolute Gasteiger partial charge is 0.495 e. The van der Waals surface area contributed by atoms with Crippen molar-refractivity contribution in [3.63, 3.8) is 0 Å². The number of halogens is 1. The lowest BCUT2D eigenvalue weighted by atomic mass is 9.74. The fourth-order valence-electron chi connectivity index (χ4n) is 2.60. The average molecular weight is 359 g/mol. The Kier molecular flexibility index (Phi) is 3.96. The molecule has 2 aromatic carbocycles. The standard InChI is InChI=1S/C18H20BBrO2/c1-17(2)18(3,4)22-19(21-17)15-11-7-5-9-13(15)14-10-6-8-12-16(14)20/h5-12H,1-4H3. The van der Waals surface area contributed by atoms with E-state index in [9.17, 15) is 0 Å². The number of hydrogen-bond donors (Lipinski definition) is 0. The molecule has 1 heterocycles. The average Bonchev–Trinajstić information content (AvgIpc) is 2.68. The predicted molar refractivity (Wildman–Crippen MR) is 95.3 cm³/mol. The van der Waals surface area contributed by atoms with E-state index in [2.05, 4.69) is 67.9 Å². The van der Waals surface area contributed by atoms with E-state index in [0.29, 0.717) is 0 Å². The van der Waals surface area contributed by atoms with Crippen molar-refractivity contribution >= 4 is 28.5 Å². The minimum absolute atomic E-state index is 0.335. The molecule has 0 N–H and O–H groups in total. The first-order valence-electron chi connectivity index (χ1n) is 7.51. The van der Waals surface area contributed by atoms with Crippen molar-refractivity contribution < 1.29 is 9.31 Å². The number of benzene rings is 2. The topological polar surface area (TPSA) is 18.5 Å². The van der Waals surface area contributed by atoms with Crippen LogP contribution in [-0.4, -0.2) is 18.3 Å². The SMILES string of the molecule is CC1(C)OB(c2ccccc2-c2ccccc2Br)OC1(C)C. The van der Waals surface area contributed by atoms with Gasteiger partial charge in [-0.1, -0.05) is 58.4 Å². The highest BCUT2D eigenvalue weighted by Gasteiger charge is 2.52. The van der Waals surface area contributed by atoms with E-state index >= 15 is 0 Å². The summed E-state index contributed by atoms with van der Waals surface area (Å²) in [4.78, 5) is 0. The van der Waals surface area contributed by atoms with Gasteiger partial charge in [-0.3, -0.25) is 0 Å². The lowest BCUT2D eigenvalue weighted by Gasteiger charge is -2.32. The van der Waals surface area contributed by atoms with Gasteiger partial charge in [-0.2, -0.15) is 0 Å². The Morgan fingerprint density at radius 1 is 0.773 bits per heavy atom. The van der Waals surface area contributed by atoms with Gasteiger partial charge in [0.15, 0.2) is 0 Å². The Morgan fingerprint density at radius 3 is 1.86 bits per heavy atom. The molecule has 4 heteroatoms. The molecule has 22 heavy (non-hydrogen) atoms. The van der Waals surface area contributed by atoms with Crippen LogP contribution < -0.4 is 5.46 Å². The second kappa shape index (κ2) is 5.52. The Balaban J connectivity index is 2.06. The van der Waals surface area contributed by atoms with Gasteiger partial charge in [0, 0.05) is 4.47 Å². The molecule has 0 atom stereocenters. The maximum absolute atomic E-state index is 6.21. The van der Waals surface area contributed by atoms with Crippen molar-refractivity contribution in [2.24, 2.45) is 0 Å². The fraction of sp³-hybridized carbons (Fsp3) is 0.333. The summed E-state index contributed by atoms with van der Waals surface area (Å²) in [5, 5.41) is 0. The van der Waals surface area contributed by atoms with Gasteiger partial charge >= 0.3 is 7.12 Å². The molecule has 1 aliphatic rings. The summed E-state index contributed by atoms with van der Waals surface area (Å²) in [5.41, 5.74) is 2.67. The zero-order valence-corrected chi connectivity index (χ0v) is 15.0. The first-order valence-corrected chi connectivity index (χ1v) is 8.31. The van der Waals surface area contributed by atoms with E-state index in [-0.39, 0.29) is 18.3 Å². The van der Waals surface area contributed by atoms with Crippen LogP contribution in [0.5, 0.6) is 0 Å². The zero-order valence-electron chi connectivity index (χ0n) is 13.4. The molecule has 1 aliphatic heterocycles. The zero-order chi connectivity index (χ0) is 16.0. The van der Waals surface area contributed by atoms with Gasteiger partial charge in [0.25, 0.3) is 0 Å². The quantitative estimate of drug-likeness (QED) is 0.740. The summed E-state index contributed by atoms with van der Waals surface area (Å²) in [6.45, 7) is 8.31. The highest BCUT2D eigenvalue weighted by Crippen LogP contribution is 2.37. The van der Waals surface area contributed by atoms with Crippen LogP contribution in [0.2, 0.25) is 0 Å². The third-order valence-electron chi connectivity index (χ3n) is 4.63. The third-order valence-corrected chi connectivity index (χ3v) is 5.32. The normalized spacial score (nSPS) is 19.4. The fourth-order valence-corrected chi connectivity index (χ4v) is 3.10. The minimum atomic E-state index is -0.353. The molecular weight excluding hydrogens is 339 g/mol. The van der Waals surface area contributed by atoms with Crippen LogP contribution in [0.4, 0.5) is 0 Å². The molecular formula is C18H20BBrO2. The van der Waals surface area contributed by atoms with Crippen molar-refractivity contribution in [1.82, 2.24) is 0 Å². The monoisotopic (exact) mass is 358 g/mol. The smallest absolute Gasteiger partial charge is 0.399 e. The Labute approximate surface area is 141 Å². The molecule has 0 radical (unpaired) electrons. The van der Waals surface area contributed by atoms with E-state index in [1.165, 1.54) is 0 Å². The van der Waals surface area contributed by atoms with Crippen LogP contribution in [0.25, 0.3) is 11.1 Å². The van der Waals surface area contributed by atoms with Crippen molar-refractivity contribution in [2.45, 2.75) is 38.9 Å². The van der Waals surface area contributed by atoms with Crippen molar-refractivity contribution in [1.29, 1.82) is 0 Å². The molecule has 0 saturated carbocycles. The minimum Gasteiger partial charge on any atom is -0.399 e. The van der Waals surface area contributed by atoms with Crippen molar-refractivity contribution in [2.75, 3.05) is 0 Å². The molecule has 1 fully saturated rings. The Bertz CT molecular complexity index is 681. The van der Waals surface area contributed by atoms with Gasteiger partial charge in [-0.05, 0) is 50.4 Å². The summed E-state index contributed by atoms with van der Waals surface area (Å²) in [6.07, 6.45) is 0. The lowest BCUT2D eigenvalue weighted by molar-refractivity contribution is 0.00578. The van der Waals surface area contributed by atoms with E-state index in [0.717, 1.165) is 21.1 Å². The molecule has 2 aromatic rings. The van der Waals surface area contributed by atoms with Gasteiger partial charge in [0.05, 0.1) is 11.2 Å². The van der Waals surface area contributed by atoms with Crippen LogP contribution in [0.3, 0.4) is 0 Å². The van der Waals surface area contributed by atoms with Gasteiger partial charge < -0.3 is 9.31 Å². The van der Waals surface area contributed by atoms with E-state index in [1.807, 2.05) is 24.3 Å². The molecule has 3 rings (SSSR count). The van der Waals surface area contributed by atoms with Gasteiger partial charge in [0.2, 0.25) is 0 Å². The second-order valence-corrected chi connectivity index (χ2v) is 7.51. The van der Waals surface area contributed by atoms with Crippen molar-refractivity contribution in [3.05, 3.63) is 53.0 Å². The maximum Gasteiger partial charge on any atom is 0.495 e. The van der Waals surface area contributed by atoms with Crippen LogP contribution in [-0.2, 0) is 9.31 Å². The van der Waals surface area contributed by atoms with Crippen LogP contribution in [0, 0.1) is 0 Å². The highest BCUT2D eigenvalue weighted by molar-refractivity contribution is 9.10. The number of rotatable bonds is 2. The third kappa shape index (κ3) is 2.64. The van der Waals surface area contributed by atoms with E-state index in [1.54, 1.807) is 0 Å². The first kappa shape index (κ1) is 15.8. The molecule has 1 saturated heterocycles. The lowest BCUT2D eigenvalue weighted by Crippen LogP contribution is -2.41. The summed E-state index contributed by atoms with van der Waals surface area (Å²) in [7, 11) is -0.353. The number of hydrogen-bond acceptors (Lipinski definition) is 2. The molecule has 0 bridgehead atoms. The summed E-state index contributed by atoms with van der Waals surface area (Å²) >= 11 is 3.64. The Morgan fingerprint density at radius 2 is 1.27 bits per heavy atom. The molecule has 0 amide bonds. The highest BCUT2D eigenvalue weighted by atomic mass is 79.9. The molecule has 0 aliphatic carbocycles. The van der Waals surface area contributed by atoms with Gasteiger partial charge in [0.1, 0.15) is 0 Å². The maximum atomic E-state index is 6.21. The molecule has 2 nitrogen and oxygen atoms in total. The molecule has 0 spiro atoms. The molecule has 0 unspecified atom stereocenters. The summed E-state index contributed by atoms with van der Waals surface area (Å²) in [5.74, 6) is 0. The van der Waals surface area contributed by atoms with E-state index in [4.69, 9.17) is 9.31 Å². The van der Waals surface area contributed by atoms with Crippen LogP contribution >= 0.6 is 15.9 Å². The summed E-state index contributed by atoms with van der Waals surface area (Å²) in [6, 6.07) is 16.5. The van der Waals surface area contributed by atoms with E-state index < -0.39 is 0 Å². The van der Waals surface area contributed by atoms with Gasteiger partial charge in [-0.15, -0.1) is 0 Å². The second-order valence-electron chi connectivity index (χ2n) is 6.66. The van der Waals surface area contributed by atoms with Crippen LogP contribution in [0.1, 0.15) is 27.7 Å².